The number of thioether (sulfide) groups is 1. The summed E-state index contributed by atoms with van der Waals surface area (Å²) in [5, 5.41) is 0. The summed E-state index contributed by atoms with van der Waals surface area (Å²) in [5.74, 6) is 0.822. The number of likely N-dealkylation sites (tertiary alicyclic amines) is 1. The maximum Gasteiger partial charge on any atom is 0.416 e. The van der Waals surface area contributed by atoms with E-state index >= 15 is 0 Å². The van der Waals surface area contributed by atoms with Crippen molar-refractivity contribution in [2.75, 3.05) is 25.1 Å². The molecule has 8 heteroatoms. The van der Waals surface area contributed by atoms with Crippen LogP contribution in [0.3, 0.4) is 0 Å². The van der Waals surface area contributed by atoms with Crippen LogP contribution < -0.4 is 5.56 Å². The Morgan fingerprint density at radius 3 is 2.69 bits per heavy atom. The molecule has 0 aliphatic carbocycles. The van der Waals surface area contributed by atoms with E-state index in [2.05, 4.69) is 0 Å². The van der Waals surface area contributed by atoms with Crippen molar-refractivity contribution in [3.05, 3.63) is 58.0 Å². The van der Waals surface area contributed by atoms with Crippen molar-refractivity contribution in [2.45, 2.75) is 25.1 Å². The molecule has 2 atom stereocenters. The van der Waals surface area contributed by atoms with Gasteiger partial charge in [0, 0.05) is 36.8 Å². The molecule has 2 aromatic rings. The van der Waals surface area contributed by atoms with Gasteiger partial charge in [0.25, 0.3) is 5.56 Å². The minimum absolute atomic E-state index is 0.0802. The zero-order valence-electron chi connectivity index (χ0n) is 15.9. The second kappa shape index (κ2) is 7.55. The molecule has 1 saturated heterocycles. The Balaban J connectivity index is 1.69. The number of piperidine rings is 1. The van der Waals surface area contributed by atoms with Gasteiger partial charge in [-0.25, -0.2) is 0 Å². The van der Waals surface area contributed by atoms with Crippen LogP contribution in [0.5, 0.6) is 0 Å². The van der Waals surface area contributed by atoms with Gasteiger partial charge in [-0.2, -0.15) is 24.9 Å². The summed E-state index contributed by atoms with van der Waals surface area (Å²) in [7, 11) is 0. The highest BCUT2D eigenvalue weighted by molar-refractivity contribution is 7.99. The zero-order chi connectivity index (χ0) is 20.8. The van der Waals surface area contributed by atoms with Crippen molar-refractivity contribution in [1.29, 1.82) is 0 Å². The molecule has 0 saturated carbocycles. The average molecular weight is 422 g/mol. The highest BCUT2D eigenvalue weighted by atomic mass is 32.2. The van der Waals surface area contributed by atoms with Crippen molar-refractivity contribution in [1.82, 2.24) is 9.47 Å². The van der Waals surface area contributed by atoms with Crippen LogP contribution in [0, 0.1) is 5.92 Å². The highest BCUT2D eigenvalue weighted by Crippen LogP contribution is 2.36. The zero-order valence-corrected chi connectivity index (χ0v) is 16.7. The van der Waals surface area contributed by atoms with E-state index in [9.17, 15) is 22.8 Å². The number of benzene rings is 1. The quantitative estimate of drug-likeness (QED) is 0.755. The van der Waals surface area contributed by atoms with Gasteiger partial charge in [-0.05, 0) is 48.4 Å². The molecular weight excluding hydrogens is 401 g/mol. The maximum atomic E-state index is 13.1. The average Bonchev–Trinajstić information content (AvgIpc) is 2.68. The molecule has 0 radical (unpaired) electrons. The fraction of sp³-hybridized carbons (Fsp3) is 0.429. The Kier molecular flexibility index (Phi) is 5.23. The Bertz CT molecular complexity index is 1000. The van der Waals surface area contributed by atoms with Gasteiger partial charge in [-0.15, -0.1) is 0 Å². The molecule has 0 spiro atoms. The van der Waals surface area contributed by atoms with Crippen molar-refractivity contribution in [3.63, 3.8) is 0 Å². The number of pyridine rings is 1. The van der Waals surface area contributed by atoms with Gasteiger partial charge >= 0.3 is 6.18 Å². The van der Waals surface area contributed by atoms with Gasteiger partial charge in [-0.3, -0.25) is 9.59 Å². The number of alkyl halides is 3. The fourth-order valence-electron chi connectivity index (χ4n) is 4.45. The molecule has 29 heavy (non-hydrogen) atoms. The van der Waals surface area contributed by atoms with E-state index in [1.54, 1.807) is 10.6 Å². The van der Waals surface area contributed by atoms with Crippen LogP contribution in [-0.4, -0.2) is 40.5 Å². The molecule has 2 bridgehead atoms. The Hall–Kier alpha value is -2.22. The number of aromatic nitrogens is 1. The standard InChI is InChI=1S/C21H21F3N2O2S/c1-29-12-19(27)25-9-13-7-15(11-25)18-6-5-17(20(28)26(18)10-13)14-3-2-4-16(8-14)21(22,23)24/h2-6,8,13,15H,7,9-12H2,1H3/t13-,15+/m0/s1. The number of fused-ring (bicyclic) bond motifs is 4. The Morgan fingerprint density at radius 2 is 1.97 bits per heavy atom. The first-order chi connectivity index (χ1) is 13.8. The third kappa shape index (κ3) is 3.82. The molecule has 2 aliphatic rings. The van der Waals surface area contributed by atoms with E-state index in [-0.39, 0.29) is 34.4 Å². The number of nitrogens with zero attached hydrogens (tertiary/aromatic N) is 2. The predicted molar refractivity (Wildman–Crippen MR) is 107 cm³/mol. The van der Waals surface area contributed by atoms with Gasteiger partial charge in [0.15, 0.2) is 0 Å². The fourth-order valence-corrected chi connectivity index (χ4v) is 4.88. The molecule has 4 rings (SSSR count). The second-order valence-electron chi connectivity index (χ2n) is 7.70. The molecular formula is C21H21F3N2O2S. The predicted octanol–water partition coefficient (Wildman–Crippen LogP) is 3.84. The van der Waals surface area contributed by atoms with Gasteiger partial charge in [0.2, 0.25) is 5.91 Å². The largest absolute Gasteiger partial charge is 0.416 e. The van der Waals surface area contributed by atoms with Crippen LogP contribution in [0.2, 0.25) is 0 Å². The summed E-state index contributed by atoms with van der Waals surface area (Å²) in [6.45, 7) is 1.69. The molecule has 0 unspecified atom stereocenters. The van der Waals surface area contributed by atoms with Crippen molar-refractivity contribution in [3.8, 4) is 11.1 Å². The van der Waals surface area contributed by atoms with Crippen LogP contribution in [0.25, 0.3) is 11.1 Å². The SMILES string of the molecule is CSCC(=O)N1C[C@@H]2C[C@H](C1)c1ccc(-c3cccc(C(F)(F)F)c3)c(=O)n1C2. The third-order valence-electron chi connectivity index (χ3n) is 5.73. The lowest BCUT2D eigenvalue weighted by molar-refractivity contribution is -0.137. The number of rotatable bonds is 3. The smallest absolute Gasteiger partial charge is 0.341 e. The topological polar surface area (TPSA) is 42.3 Å². The van der Waals surface area contributed by atoms with Gasteiger partial charge in [0.1, 0.15) is 0 Å². The van der Waals surface area contributed by atoms with Crippen molar-refractivity contribution in [2.24, 2.45) is 5.92 Å². The highest BCUT2D eigenvalue weighted by Gasteiger charge is 2.36. The summed E-state index contributed by atoms with van der Waals surface area (Å²) >= 11 is 1.50. The molecule has 1 aromatic heterocycles. The van der Waals surface area contributed by atoms with Crippen LogP contribution in [0.1, 0.15) is 23.6 Å². The van der Waals surface area contributed by atoms with Crippen LogP contribution in [-0.2, 0) is 17.5 Å². The summed E-state index contributed by atoms with van der Waals surface area (Å²) in [4.78, 5) is 27.3. The Labute approximate surface area is 170 Å². The van der Waals surface area contributed by atoms with E-state index in [0.29, 0.717) is 25.4 Å². The van der Waals surface area contributed by atoms with Crippen LogP contribution in [0.4, 0.5) is 13.2 Å². The minimum atomic E-state index is -4.45. The molecule has 0 N–H and O–H groups in total. The number of carbonyl (C=O) groups is 1. The second-order valence-corrected chi connectivity index (χ2v) is 8.56. The van der Waals surface area contributed by atoms with E-state index in [1.165, 1.54) is 23.9 Å². The monoisotopic (exact) mass is 422 g/mol. The first kappa shape index (κ1) is 20.1. The molecule has 1 aromatic carbocycles. The number of halogens is 3. The lowest BCUT2D eigenvalue weighted by Gasteiger charge is -2.43. The molecule has 4 nitrogen and oxygen atoms in total. The summed E-state index contributed by atoms with van der Waals surface area (Å²) in [5.41, 5.74) is 0.378. The van der Waals surface area contributed by atoms with E-state index < -0.39 is 11.7 Å². The van der Waals surface area contributed by atoms with Crippen molar-refractivity contribution < 1.29 is 18.0 Å². The summed E-state index contributed by atoms with van der Waals surface area (Å²) in [6, 6.07) is 8.34. The summed E-state index contributed by atoms with van der Waals surface area (Å²) < 4.78 is 40.9. The lowest BCUT2D eigenvalue weighted by Crippen LogP contribution is -2.49. The van der Waals surface area contributed by atoms with E-state index in [1.807, 2.05) is 17.2 Å². The number of carbonyl (C=O) groups excluding carboxylic acids is 1. The van der Waals surface area contributed by atoms with Gasteiger partial charge in [-0.1, -0.05) is 12.1 Å². The first-order valence-corrected chi connectivity index (χ1v) is 10.9. The van der Waals surface area contributed by atoms with Crippen LogP contribution >= 0.6 is 11.8 Å². The molecule has 1 fully saturated rings. The first-order valence-electron chi connectivity index (χ1n) is 9.46. The van der Waals surface area contributed by atoms with Crippen LogP contribution in [0.15, 0.2) is 41.2 Å². The van der Waals surface area contributed by atoms with Crippen molar-refractivity contribution >= 4 is 17.7 Å². The van der Waals surface area contributed by atoms with Gasteiger partial charge < -0.3 is 9.47 Å². The molecule has 2 aliphatic heterocycles. The normalized spacial score (nSPS) is 21.0. The third-order valence-corrected chi connectivity index (χ3v) is 6.26. The summed E-state index contributed by atoms with van der Waals surface area (Å²) in [6.07, 6.45) is -1.64. The lowest BCUT2D eigenvalue weighted by atomic mass is 9.82. The Morgan fingerprint density at radius 1 is 1.17 bits per heavy atom. The van der Waals surface area contributed by atoms with E-state index in [0.717, 1.165) is 24.2 Å². The number of amides is 1. The molecule has 154 valence electrons. The maximum absolute atomic E-state index is 13.1. The minimum Gasteiger partial charge on any atom is -0.341 e. The molecule has 1 amide bonds. The van der Waals surface area contributed by atoms with Gasteiger partial charge in [0.05, 0.1) is 11.3 Å². The molecule has 3 heterocycles. The number of hydrogen-bond acceptors (Lipinski definition) is 3. The van der Waals surface area contributed by atoms with E-state index in [4.69, 9.17) is 0 Å². The number of hydrogen-bond donors (Lipinski definition) is 0.